The molecule has 5 rings (SSSR count). The van der Waals surface area contributed by atoms with E-state index in [0.717, 1.165) is 44.8 Å². The lowest BCUT2D eigenvalue weighted by molar-refractivity contribution is -0.168. The Kier molecular flexibility index (Phi) is 3.61. The minimum absolute atomic E-state index is 0.0272. The Morgan fingerprint density at radius 2 is 2.00 bits per heavy atom. The topological polar surface area (TPSA) is 42.1 Å². The second-order valence-electron chi connectivity index (χ2n) is 10.0. The summed E-state index contributed by atoms with van der Waals surface area (Å²) < 4.78 is 12.5. The molecule has 5 fully saturated rings. The highest BCUT2D eigenvalue weighted by Crippen LogP contribution is 2.66. The summed E-state index contributed by atoms with van der Waals surface area (Å²) in [6, 6.07) is 0. The smallest absolute Gasteiger partial charge is 0.311 e. The molecule has 140 valence electrons. The fourth-order valence-corrected chi connectivity index (χ4v) is 6.99. The number of hydrogen-bond acceptors (Lipinski definition) is 4. The van der Waals surface area contributed by atoms with Crippen molar-refractivity contribution in [1.29, 1.82) is 0 Å². The largest absolute Gasteiger partial charge is 0.455 e. The highest BCUT2D eigenvalue weighted by atomic mass is 16.7. The molecule has 0 aromatic carbocycles. The van der Waals surface area contributed by atoms with Crippen LogP contribution in [0.1, 0.15) is 59.3 Å². The van der Waals surface area contributed by atoms with Crippen molar-refractivity contribution in [3.63, 3.8) is 0 Å². The lowest BCUT2D eigenvalue weighted by Gasteiger charge is -2.50. The van der Waals surface area contributed by atoms with Crippen molar-refractivity contribution in [2.24, 2.45) is 29.6 Å². The van der Waals surface area contributed by atoms with Gasteiger partial charge in [-0.2, -0.15) is 0 Å². The fourth-order valence-electron chi connectivity index (χ4n) is 6.99. The van der Waals surface area contributed by atoms with Crippen molar-refractivity contribution >= 4 is 5.97 Å². The van der Waals surface area contributed by atoms with Crippen molar-refractivity contribution in [2.45, 2.75) is 76.6 Å². The molecule has 3 aliphatic heterocycles. The molecule has 0 amide bonds. The van der Waals surface area contributed by atoms with Gasteiger partial charge >= 0.3 is 5.97 Å². The minimum atomic E-state index is -0.312. The number of ether oxygens (including phenoxy) is 2. The Bertz CT molecular complexity index is 579. The molecule has 2 saturated carbocycles. The molecule has 0 radical (unpaired) electrons. The van der Waals surface area contributed by atoms with E-state index in [2.05, 4.69) is 25.7 Å². The van der Waals surface area contributed by atoms with Gasteiger partial charge in [-0.05, 0) is 63.8 Å². The maximum Gasteiger partial charge on any atom is 0.311 e. The number of likely N-dealkylation sites (tertiary alicyclic amines) is 1. The summed E-state index contributed by atoms with van der Waals surface area (Å²) in [6.07, 6.45) is 7.41. The van der Waals surface area contributed by atoms with Crippen LogP contribution < -0.4 is 0 Å². The lowest BCUT2D eigenvalue weighted by Crippen LogP contribution is -2.58. The van der Waals surface area contributed by atoms with Gasteiger partial charge in [0.25, 0.3) is 0 Å². The molecule has 3 saturated heterocycles. The summed E-state index contributed by atoms with van der Waals surface area (Å²) >= 11 is 0. The number of epoxide rings is 1. The molecule has 3 heterocycles. The standard InChI is InChI=1S/C21H33NO3/c1-13-5-4-10-22(11-13)12-15-17-7-6-14(2)16-8-9-20(3)19(25-20)21(16,17)24-18(15)23/h13-17,19H,4-12H2,1-3H3/t13-,14+,15+,16-,17-,19+,20+,21+/m0/s1. The van der Waals surface area contributed by atoms with E-state index in [0.29, 0.717) is 17.8 Å². The van der Waals surface area contributed by atoms with E-state index in [9.17, 15) is 4.79 Å². The summed E-state index contributed by atoms with van der Waals surface area (Å²) in [5.41, 5.74) is -0.339. The highest BCUT2D eigenvalue weighted by molar-refractivity contribution is 5.77. The number of piperidine rings is 1. The van der Waals surface area contributed by atoms with Crippen molar-refractivity contribution in [2.75, 3.05) is 19.6 Å². The van der Waals surface area contributed by atoms with Gasteiger partial charge in [0.1, 0.15) is 11.7 Å². The SMILES string of the molecule is C[C@H]1CCCN(C[C@H]2C(=O)O[C@@]34[C@@H](CC[C@@]5(C)O[C@@H]35)[C@H](C)CC[C@@H]24)C1. The predicted molar refractivity (Wildman–Crippen MR) is 95.0 cm³/mol. The first-order valence-electron chi connectivity index (χ1n) is 10.6. The maximum atomic E-state index is 13.0. The van der Waals surface area contributed by atoms with Crippen molar-refractivity contribution in [3.8, 4) is 0 Å². The van der Waals surface area contributed by atoms with Gasteiger partial charge in [0.05, 0.1) is 11.5 Å². The van der Waals surface area contributed by atoms with Crippen LogP contribution in [-0.2, 0) is 14.3 Å². The number of esters is 1. The molecule has 4 nitrogen and oxygen atoms in total. The van der Waals surface area contributed by atoms with Gasteiger partial charge in [-0.25, -0.2) is 0 Å². The third kappa shape index (κ3) is 2.29. The number of hydrogen-bond donors (Lipinski definition) is 0. The molecule has 25 heavy (non-hydrogen) atoms. The average molecular weight is 347 g/mol. The molecule has 0 N–H and O–H groups in total. The number of rotatable bonds is 2. The highest BCUT2D eigenvalue weighted by Gasteiger charge is 2.77. The second kappa shape index (κ2) is 5.45. The van der Waals surface area contributed by atoms with Crippen molar-refractivity contribution < 1.29 is 14.3 Å². The maximum absolute atomic E-state index is 13.0. The van der Waals surface area contributed by atoms with E-state index < -0.39 is 0 Å². The van der Waals surface area contributed by atoms with Gasteiger partial charge in [-0.1, -0.05) is 13.8 Å². The molecule has 0 unspecified atom stereocenters. The Morgan fingerprint density at radius 1 is 1.16 bits per heavy atom. The van der Waals surface area contributed by atoms with E-state index in [4.69, 9.17) is 9.47 Å². The van der Waals surface area contributed by atoms with Crippen LogP contribution in [0, 0.1) is 29.6 Å². The van der Waals surface area contributed by atoms with Crippen LogP contribution in [0.5, 0.6) is 0 Å². The number of carbonyl (C=O) groups is 1. The van der Waals surface area contributed by atoms with Crippen LogP contribution in [0.4, 0.5) is 0 Å². The quantitative estimate of drug-likeness (QED) is 0.568. The molecule has 2 aliphatic carbocycles. The summed E-state index contributed by atoms with van der Waals surface area (Å²) in [7, 11) is 0. The zero-order valence-corrected chi connectivity index (χ0v) is 16.0. The Hall–Kier alpha value is -0.610. The van der Waals surface area contributed by atoms with E-state index in [1.165, 1.54) is 19.3 Å². The Balaban J connectivity index is 1.43. The van der Waals surface area contributed by atoms with Crippen LogP contribution in [0.25, 0.3) is 0 Å². The molecule has 0 aromatic heterocycles. The third-order valence-corrected chi connectivity index (χ3v) is 8.29. The van der Waals surface area contributed by atoms with Gasteiger partial charge in [-0.3, -0.25) is 4.79 Å². The molecule has 5 aliphatic rings. The normalized spacial score (nSPS) is 55.1. The minimum Gasteiger partial charge on any atom is -0.455 e. The van der Waals surface area contributed by atoms with Crippen LogP contribution >= 0.6 is 0 Å². The zero-order chi connectivity index (χ0) is 17.4. The van der Waals surface area contributed by atoms with Crippen LogP contribution in [-0.4, -0.2) is 47.8 Å². The molecule has 1 spiro atoms. The van der Waals surface area contributed by atoms with E-state index in [1.807, 2.05) is 0 Å². The van der Waals surface area contributed by atoms with Gasteiger partial charge in [0.2, 0.25) is 0 Å². The molecular formula is C21H33NO3. The summed E-state index contributed by atoms with van der Waals surface area (Å²) in [6.45, 7) is 10.1. The Morgan fingerprint density at radius 3 is 2.80 bits per heavy atom. The summed E-state index contributed by atoms with van der Waals surface area (Å²) in [5.74, 6) is 2.40. The molecule has 0 bridgehead atoms. The second-order valence-corrected chi connectivity index (χ2v) is 10.0. The van der Waals surface area contributed by atoms with E-state index in [1.54, 1.807) is 0 Å². The fraction of sp³-hybridized carbons (Fsp3) is 0.952. The molecule has 0 aromatic rings. The van der Waals surface area contributed by atoms with Gasteiger partial charge in [-0.15, -0.1) is 0 Å². The first-order chi connectivity index (χ1) is 11.9. The molecular weight excluding hydrogens is 314 g/mol. The van der Waals surface area contributed by atoms with E-state index >= 15 is 0 Å². The van der Waals surface area contributed by atoms with Gasteiger partial charge in [0.15, 0.2) is 0 Å². The third-order valence-electron chi connectivity index (χ3n) is 8.29. The average Bonchev–Trinajstić information content (AvgIpc) is 3.19. The number of nitrogens with zero attached hydrogens (tertiary/aromatic N) is 1. The van der Waals surface area contributed by atoms with Gasteiger partial charge < -0.3 is 14.4 Å². The summed E-state index contributed by atoms with van der Waals surface area (Å²) in [4.78, 5) is 15.5. The van der Waals surface area contributed by atoms with Gasteiger partial charge in [0, 0.05) is 24.9 Å². The van der Waals surface area contributed by atoms with Crippen LogP contribution in [0.2, 0.25) is 0 Å². The van der Waals surface area contributed by atoms with Crippen LogP contribution in [0.3, 0.4) is 0 Å². The number of fused-ring (bicyclic) bond motifs is 1. The molecule has 8 atom stereocenters. The first kappa shape index (κ1) is 16.6. The predicted octanol–water partition coefficient (Wildman–Crippen LogP) is 3.24. The molecule has 4 heteroatoms. The monoisotopic (exact) mass is 347 g/mol. The lowest BCUT2D eigenvalue weighted by atomic mass is 9.55. The number of carbonyl (C=O) groups excluding carboxylic acids is 1. The van der Waals surface area contributed by atoms with Crippen molar-refractivity contribution in [1.82, 2.24) is 4.90 Å². The van der Waals surface area contributed by atoms with Crippen molar-refractivity contribution in [3.05, 3.63) is 0 Å². The van der Waals surface area contributed by atoms with E-state index in [-0.39, 0.29) is 29.2 Å². The van der Waals surface area contributed by atoms with Crippen LogP contribution in [0.15, 0.2) is 0 Å². The first-order valence-corrected chi connectivity index (χ1v) is 10.6. The summed E-state index contributed by atoms with van der Waals surface area (Å²) in [5, 5.41) is 0. The Labute approximate surface area is 151 Å². The zero-order valence-electron chi connectivity index (χ0n) is 16.0.